The predicted molar refractivity (Wildman–Crippen MR) is 165 cm³/mol. The van der Waals surface area contributed by atoms with Crippen LogP contribution in [-0.4, -0.2) is 0 Å². The smallest absolute Gasteiger partial charge is 0.136 e. The molecule has 0 fully saturated rings. The minimum atomic E-state index is -0.787. The standard InChI is InChI=1S/C38H24O/c1-2-10-26(11-3-1)37-31-13-4-6-15-33(31)38(34-16-7-5-14-32(34)37)27-20-18-25(19-21-27)28-22-23-30-29-12-8-9-17-35(29)39-36(30)24-28/h1-24H/i1D,2D,3D,4D,5D,6D,7D,8D,9D,10D,11D,12D,13D,14D,15D,16D,17D,22D,23D,24D. The number of benzene rings is 7. The van der Waals surface area contributed by atoms with Crippen LogP contribution >= 0.6 is 0 Å². The van der Waals surface area contributed by atoms with Crippen molar-refractivity contribution in [3.8, 4) is 33.4 Å². The molecule has 8 rings (SSSR count). The van der Waals surface area contributed by atoms with Crippen molar-refractivity contribution in [1.29, 1.82) is 0 Å². The van der Waals surface area contributed by atoms with Crippen molar-refractivity contribution in [1.82, 2.24) is 0 Å². The Balaban J connectivity index is 1.51. The Labute approximate surface area is 254 Å². The lowest BCUT2D eigenvalue weighted by atomic mass is 9.86. The summed E-state index contributed by atoms with van der Waals surface area (Å²) in [5.41, 5.74) is -1.50. The van der Waals surface area contributed by atoms with Crippen molar-refractivity contribution in [2.24, 2.45) is 0 Å². The second-order valence-electron chi connectivity index (χ2n) is 8.59. The average Bonchev–Trinajstić information content (AvgIpc) is 3.64. The number of fused-ring (bicyclic) bond motifs is 5. The van der Waals surface area contributed by atoms with E-state index in [4.69, 9.17) is 31.8 Å². The van der Waals surface area contributed by atoms with Crippen LogP contribution in [0.4, 0.5) is 0 Å². The Morgan fingerprint density at radius 2 is 0.846 bits per heavy atom. The molecule has 0 atom stereocenters. The Kier molecular flexibility index (Phi) is 2.21. The molecule has 0 saturated carbocycles. The monoisotopic (exact) mass is 516 g/mol. The number of hydrogen-bond acceptors (Lipinski definition) is 1. The van der Waals surface area contributed by atoms with Gasteiger partial charge in [0.2, 0.25) is 0 Å². The van der Waals surface area contributed by atoms with Gasteiger partial charge in [-0.05, 0) is 73.1 Å². The fourth-order valence-electron chi connectivity index (χ4n) is 4.78. The summed E-state index contributed by atoms with van der Waals surface area (Å²) in [6.07, 6.45) is 0. The maximum atomic E-state index is 9.12. The minimum absolute atomic E-state index is 0.115. The van der Waals surface area contributed by atoms with E-state index >= 15 is 0 Å². The van der Waals surface area contributed by atoms with Crippen LogP contribution in [0.1, 0.15) is 27.4 Å². The van der Waals surface area contributed by atoms with E-state index in [9.17, 15) is 0 Å². The summed E-state index contributed by atoms with van der Waals surface area (Å²) in [5.74, 6) is 0. The topological polar surface area (TPSA) is 13.1 Å². The molecule has 0 radical (unpaired) electrons. The lowest BCUT2D eigenvalue weighted by Gasteiger charge is -2.18. The third-order valence-corrected chi connectivity index (χ3v) is 6.47. The van der Waals surface area contributed by atoms with Crippen molar-refractivity contribution in [2.75, 3.05) is 0 Å². The first-order chi connectivity index (χ1) is 27.7. The Bertz CT molecular complexity index is 3150. The molecule has 1 heterocycles. The van der Waals surface area contributed by atoms with Crippen LogP contribution < -0.4 is 0 Å². The molecular formula is C38H24O. The summed E-state index contributed by atoms with van der Waals surface area (Å²) in [7, 11) is 0. The van der Waals surface area contributed by atoms with Crippen LogP contribution in [0.3, 0.4) is 0 Å². The van der Waals surface area contributed by atoms with Gasteiger partial charge in [-0.15, -0.1) is 0 Å². The fraction of sp³-hybridized carbons (Fsp3) is 0. The Morgan fingerprint density at radius 1 is 0.359 bits per heavy atom. The highest BCUT2D eigenvalue weighted by Crippen LogP contribution is 2.43. The molecule has 7 aromatic carbocycles. The molecule has 1 nitrogen and oxygen atoms in total. The highest BCUT2D eigenvalue weighted by molar-refractivity contribution is 6.21. The van der Waals surface area contributed by atoms with Crippen LogP contribution in [0.5, 0.6) is 0 Å². The van der Waals surface area contributed by atoms with Crippen LogP contribution in [0.2, 0.25) is 0 Å². The highest BCUT2D eigenvalue weighted by atomic mass is 16.3. The predicted octanol–water partition coefficient (Wildman–Crippen LogP) is 10.9. The lowest BCUT2D eigenvalue weighted by Crippen LogP contribution is -1.90. The van der Waals surface area contributed by atoms with Gasteiger partial charge in [0.05, 0.1) is 27.4 Å². The number of rotatable bonds is 3. The Morgan fingerprint density at radius 3 is 1.49 bits per heavy atom. The van der Waals surface area contributed by atoms with Gasteiger partial charge in [-0.25, -0.2) is 0 Å². The van der Waals surface area contributed by atoms with Crippen LogP contribution in [0, 0.1) is 0 Å². The average molecular weight is 517 g/mol. The molecule has 0 aliphatic rings. The molecule has 0 aliphatic carbocycles. The number of hydrogen-bond donors (Lipinski definition) is 0. The van der Waals surface area contributed by atoms with Gasteiger partial charge in [0.1, 0.15) is 11.2 Å². The summed E-state index contributed by atoms with van der Waals surface area (Å²) in [4.78, 5) is 0. The van der Waals surface area contributed by atoms with E-state index in [-0.39, 0.29) is 65.7 Å². The zero-order valence-electron chi connectivity index (χ0n) is 39.7. The summed E-state index contributed by atoms with van der Waals surface area (Å²) in [6, 6.07) is -7.55. The molecule has 1 heteroatoms. The molecule has 0 aliphatic heterocycles. The van der Waals surface area contributed by atoms with E-state index in [1.54, 1.807) is 0 Å². The number of para-hydroxylation sites is 1. The maximum absolute atomic E-state index is 9.12. The van der Waals surface area contributed by atoms with Gasteiger partial charge >= 0.3 is 0 Å². The summed E-state index contributed by atoms with van der Waals surface area (Å²) in [6.45, 7) is 0. The first kappa shape index (κ1) is 9.87. The van der Waals surface area contributed by atoms with Gasteiger partial charge in [-0.1, -0.05) is 127 Å². The van der Waals surface area contributed by atoms with E-state index in [1.165, 1.54) is 24.3 Å². The lowest BCUT2D eigenvalue weighted by molar-refractivity contribution is 0.669. The maximum Gasteiger partial charge on any atom is 0.136 e. The SMILES string of the molecule is [2H]c1c([2H])c([2H])c(-c2c3c([2H])c([2H])c([2H])c([2H])c3c(-c3ccc(-c4c([2H])c([2H])c5c(oc6c([2H])c([2H])c([2H])c([2H])c65)c4[2H])cc3)c3c([2H])c([2H])c([2H])c([2H])c23)c([2H])c1[2H]. The fourth-order valence-corrected chi connectivity index (χ4v) is 4.78. The van der Waals surface area contributed by atoms with E-state index in [1.807, 2.05) is 0 Å². The first-order valence-corrected chi connectivity index (χ1v) is 11.7. The zero-order valence-corrected chi connectivity index (χ0v) is 19.7. The largest absolute Gasteiger partial charge is 0.456 e. The third-order valence-electron chi connectivity index (χ3n) is 6.47. The molecule has 0 bridgehead atoms. The molecular weight excluding hydrogens is 472 g/mol. The van der Waals surface area contributed by atoms with Crippen molar-refractivity contribution < 1.29 is 31.8 Å². The normalized spacial score (nSPS) is 18.8. The van der Waals surface area contributed by atoms with Gasteiger partial charge in [-0.3, -0.25) is 0 Å². The Hall–Kier alpha value is -5.14. The van der Waals surface area contributed by atoms with Crippen molar-refractivity contribution >= 4 is 43.5 Å². The minimum Gasteiger partial charge on any atom is -0.456 e. The van der Waals surface area contributed by atoms with E-state index in [2.05, 4.69) is 0 Å². The van der Waals surface area contributed by atoms with Gasteiger partial charge in [0.25, 0.3) is 0 Å². The molecule has 39 heavy (non-hydrogen) atoms. The molecule has 0 unspecified atom stereocenters. The van der Waals surface area contributed by atoms with E-state index in [0.29, 0.717) is 0 Å². The van der Waals surface area contributed by atoms with Crippen molar-refractivity contribution in [3.05, 3.63) is 145 Å². The van der Waals surface area contributed by atoms with Gasteiger partial charge in [0, 0.05) is 10.8 Å². The van der Waals surface area contributed by atoms with Crippen molar-refractivity contribution in [2.45, 2.75) is 0 Å². The van der Waals surface area contributed by atoms with E-state index in [0.717, 1.165) is 0 Å². The molecule has 0 amide bonds. The highest BCUT2D eigenvalue weighted by Gasteiger charge is 2.16. The summed E-state index contributed by atoms with van der Waals surface area (Å²) in [5, 5.41) is -1.64. The van der Waals surface area contributed by atoms with Crippen LogP contribution in [0.15, 0.2) is 150 Å². The number of furan rings is 1. The zero-order chi connectivity index (χ0) is 43.2. The molecule has 182 valence electrons. The second kappa shape index (κ2) is 8.72. The van der Waals surface area contributed by atoms with Crippen LogP contribution in [-0.2, 0) is 0 Å². The van der Waals surface area contributed by atoms with Gasteiger partial charge < -0.3 is 4.42 Å². The summed E-state index contributed by atoms with van der Waals surface area (Å²) < 4.78 is 179. The molecule has 0 saturated heterocycles. The van der Waals surface area contributed by atoms with Crippen molar-refractivity contribution in [3.63, 3.8) is 0 Å². The molecule has 0 spiro atoms. The quantitative estimate of drug-likeness (QED) is 0.213. The molecule has 1 aromatic heterocycles. The van der Waals surface area contributed by atoms with Gasteiger partial charge in [-0.2, -0.15) is 0 Å². The third kappa shape index (κ3) is 3.48. The molecule has 0 N–H and O–H groups in total. The summed E-state index contributed by atoms with van der Waals surface area (Å²) >= 11 is 0. The molecule has 8 aromatic rings. The second-order valence-corrected chi connectivity index (χ2v) is 8.59. The van der Waals surface area contributed by atoms with Gasteiger partial charge in [0.15, 0.2) is 0 Å². The van der Waals surface area contributed by atoms with Crippen LogP contribution in [0.25, 0.3) is 76.9 Å². The first-order valence-electron chi connectivity index (χ1n) is 21.7. The van der Waals surface area contributed by atoms with E-state index < -0.39 is 132 Å².